The summed E-state index contributed by atoms with van der Waals surface area (Å²) in [4.78, 5) is 13.8. The molecule has 0 aliphatic carbocycles. The molecule has 5 nitrogen and oxygen atoms in total. The first kappa shape index (κ1) is 18.5. The van der Waals surface area contributed by atoms with E-state index in [2.05, 4.69) is 24.4 Å². The molecule has 0 radical (unpaired) electrons. The lowest BCUT2D eigenvalue weighted by molar-refractivity contribution is 0.0936. The molecule has 0 aromatic heterocycles. The molecule has 0 aliphatic rings. The number of carbonyl (C=O) groups excluding carboxylic acids is 1. The van der Waals surface area contributed by atoms with Gasteiger partial charge in [0.05, 0.1) is 18.8 Å². The second-order valence-electron chi connectivity index (χ2n) is 6.07. The molecular formula is C17H28N2O3. The second-order valence-corrected chi connectivity index (χ2v) is 6.07. The van der Waals surface area contributed by atoms with Crippen molar-refractivity contribution in [2.75, 3.05) is 13.2 Å². The van der Waals surface area contributed by atoms with Crippen LogP contribution >= 0.6 is 0 Å². The molecule has 0 saturated carbocycles. The van der Waals surface area contributed by atoms with Crippen molar-refractivity contribution in [3.63, 3.8) is 0 Å². The number of nitrogens with zero attached hydrogens (tertiary/aromatic N) is 1. The number of carbonyl (C=O) groups is 1. The van der Waals surface area contributed by atoms with Gasteiger partial charge in [-0.3, -0.25) is 0 Å². The molecule has 0 saturated heterocycles. The van der Waals surface area contributed by atoms with Crippen LogP contribution in [0.15, 0.2) is 12.1 Å². The van der Waals surface area contributed by atoms with Gasteiger partial charge >= 0.3 is 6.03 Å². The van der Waals surface area contributed by atoms with Crippen LogP contribution in [0.25, 0.3) is 0 Å². The summed E-state index contributed by atoms with van der Waals surface area (Å²) in [6.45, 7) is 9.99. The summed E-state index contributed by atoms with van der Waals surface area (Å²) in [6.07, 6.45) is -0.636. The predicted molar refractivity (Wildman–Crippen MR) is 87.8 cm³/mol. The molecule has 0 unspecified atom stereocenters. The maximum absolute atomic E-state index is 12.3. The third-order valence-electron chi connectivity index (χ3n) is 3.77. The van der Waals surface area contributed by atoms with Crippen molar-refractivity contribution in [3.05, 3.63) is 34.4 Å². The highest BCUT2D eigenvalue weighted by molar-refractivity contribution is 5.74. The molecule has 2 amide bonds. The zero-order chi connectivity index (χ0) is 16.9. The smallest absolute Gasteiger partial charge is 0.318 e. The monoisotopic (exact) mass is 308 g/mol. The van der Waals surface area contributed by atoms with Crippen LogP contribution in [-0.4, -0.2) is 46.4 Å². The largest absolute Gasteiger partial charge is 0.394 e. The van der Waals surface area contributed by atoms with E-state index in [0.717, 1.165) is 16.7 Å². The molecule has 0 bridgehead atoms. The number of rotatable bonds is 6. The second kappa shape index (κ2) is 8.15. The van der Waals surface area contributed by atoms with E-state index in [-0.39, 0.29) is 25.2 Å². The van der Waals surface area contributed by atoms with Crippen LogP contribution in [0.4, 0.5) is 4.79 Å². The zero-order valence-corrected chi connectivity index (χ0v) is 14.2. The fourth-order valence-corrected chi connectivity index (χ4v) is 2.60. The van der Waals surface area contributed by atoms with Crippen LogP contribution in [0.5, 0.6) is 0 Å². The molecule has 0 fully saturated rings. The first-order valence-corrected chi connectivity index (χ1v) is 7.66. The van der Waals surface area contributed by atoms with Gasteiger partial charge in [-0.15, -0.1) is 0 Å². The Morgan fingerprint density at radius 1 is 1.23 bits per heavy atom. The van der Waals surface area contributed by atoms with Gasteiger partial charge in [0.1, 0.15) is 0 Å². The van der Waals surface area contributed by atoms with Gasteiger partial charge in [0, 0.05) is 13.1 Å². The topological polar surface area (TPSA) is 72.8 Å². The Bertz CT molecular complexity index is 492. The summed E-state index contributed by atoms with van der Waals surface area (Å²) in [5.41, 5.74) is 4.60. The normalized spacial score (nSPS) is 13.6. The van der Waals surface area contributed by atoms with Gasteiger partial charge in [0.2, 0.25) is 0 Å². The van der Waals surface area contributed by atoms with Crippen molar-refractivity contribution < 1.29 is 15.0 Å². The van der Waals surface area contributed by atoms with Gasteiger partial charge in [-0.05, 0) is 51.3 Å². The zero-order valence-electron chi connectivity index (χ0n) is 14.2. The Balaban J connectivity index is 2.79. The maximum atomic E-state index is 12.3. The third-order valence-corrected chi connectivity index (χ3v) is 3.77. The molecule has 0 heterocycles. The summed E-state index contributed by atoms with van der Waals surface area (Å²) < 4.78 is 0. The molecule has 3 N–H and O–H groups in total. The van der Waals surface area contributed by atoms with E-state index in [1.54, 1.807) is 13.8 Å². The molecule has 124 valence electrons. The van der Waals surface area contributed by atoms with Crippen molar-refractivity contribution in [1.29, 1.82) is 0 Å². The maximum Gasteiger partial charge on any atom is 0.318 e. The Morgan fingerprint density at radius 2 is 1.77 bits per heavy atom. The van der Waals surface area contributed by atoms with Crippen molar-refractivity contribution in [2.24, 2.45) is 0 Å². The van der Waals surface area contributed by atoms with Crippen LogP contribution in [0.2, 0.25) is 0 Å². The average molecular weight is 308 g/mol. The summed E-state index contributed by atoms with van der Waals surface area (Å²) in [5.74, 6) is 0. The van der Waals surface area contributed by atoms with E-state index in [1.165, 1.54) is 10.5 Å². The Labute approximate surface area is 133 Å². The van der Waals surface area contributed by atoms with Gasteiger partial charge in [-0.1, -0.05) is 17.7 Å². The third kappa shape index (κ3) is 5.00. The highest BCUT2D eigenvalue weighted by atomic mass is 16.3. The Morgan fingerprint density at radius 3 is 2.23 bits per heavy atom. The van der Waals surface area contributed by atoms with Crippen LogP contribution in [0, 0.1) is 20.8 Å². The first-order valence-electron chi connectivity index (χ1n) is 7.66. The van der Waals surface area contributed by atoms with Gasteiger partial charge in [-0.2, -0.15) is 0 Å². The number of aliphatic hydroxyl groups is 2. The Kier molecular flexibility index (Phi) is 6.84. The van der Waals surface area contributed by atoms with Crippen LogP contribution in [0.1, 0.15) is 36.1 Å². The fraction of sp³-hybridized carbons (Fsp3) is 0.588. The van der Waals surface area contributed by atoms with Crippen LogP contribution in [-0.2, 0) is 6.54 Å². The number of urea groups is 1. The van der Waals surface area contributed by atoms with Crippen molar-refractivity contribution in [1.82, 2.24) is 10.2 Å². The number of benzene rings is 1. The molecule has 0 spiro atoms. The lowest BCUT2D eigenvalue weighted by atomic mass is 10.00. The first-order chi connectivity index (χ1) is 10.3. The fourth-order valence-electron chi connectivity index (χ4n) is 2.60. The average Bonchev–Trinajstić information content (AvgIpc) is 2.42. The van der Waals surface area contributed by atoms with Crippen LogP contribution < -0.4 is 5.32 Å². The van der Waals surface area contributed by atoms with E-state index < -0.39 is 6.10 Å². The number of hydrogen-bond donors (Lipinski definition) is 3. The quantitative estimate of drug-likeness (QED) is 0.751. The van der Waals surface area contributed by atoms with E-state index in [0.29, 0.717) is 6.54 Å². The number of aliphatic hydroxyl groups excluding tert-OH is 2. The molecule has 2 atom stereocenters. The van der Waals surface area contributed by atoms with Crippen molar-refractivity contribution >= 4 is 6.03 Å². The molecule has 0 aliphatic heterocycles. The summed E-state index contributed by atoms with van der Waals surface area (Å²) in [7, 11) is 0. The van der Waals surface area contributed by atoms with E-state index in [4.69, 9.17) is 0 Å². The minimum Gasteiger partial charge on any atom is -0.394 e. The minimum atomic E-state index is -0.636. The Hall–Kier alpha value is -1.59. The highest BCUT2D eigenvalue weighted by Gasteiger charge is 2.21. The van der Waals surface area contributed by atoms with Crippen molar-refractivity contribution in [2.45, 2.75) is 53.3 Å². The minimum absolute atomic E-state index is 0.136. The summed E-state index contributed by atoms with van der Waals surface area (Å²) in [6, 6.07) is 3.58. The molecule has 22 heavy (non-hydrogen) atoms. The molecule has 5 heteroatoms. The molecule has 1 aromatic rings. The molecule has 1 aromatic carbocycles. The lowest BCUT2D eigenvalue weighted by Gasteiger charge is -2.29. The SMILES string of the molecule is Cc1cc(C)c(CNC(=O)N(C[C@H](C)O)[C@@H](C)CO)c(C)c1. The molecular weight excluding hydrogens is 280 g/mol. The number of aryl methyl sites for hydroxylation is 3. The van der Waals surface area contributed by atoms with Gasteiger partial charge in [0.15, 0.2) is 0 Å². The van der Waals surface area contributed by atoms with E-state index in [9.17, 15) is 15.0 Å². The molecule has 1 rings (SSSR count). The predicted octanol–water partition coefficient (Wildman–Crippen LogP) is 1.89. The number of hydrogen-bond acceptors (Lipinski definition) is 3. The van der Waals surface area contributed by atoms with Gasteiger partial charge < -0.3 is 20.4 Å². The van der Waals surface area contributed by atoms with E-state index >= 15 is 0 Å². The highest BCUT2D eigenvalue weighted by Crippen LogP contribution is 2.16. The standard InChI is InChI=1S/C17H28N2O3/c1-11-6-12(2)16(13(3)7-11)8-18-17(22)19(9-15(5)21)14(4)10-20/h6-7,14-15,20-21H,8-10H2,1-5H3,(H,18,22)/t14-,15-/m0/s1. The lowest BCUT2D eigenvalue weighted by Crippen LogP contribution is -2.49. The van der Waals surface area contributed by atoms with Crippen molar-refractivity contribution in [3.8, 4) is 0 Å². The van der Waals surface area contributed by atoms with Gasteiger partial charge in [-0.25, -0.2) is 4.79 Å². The number of nitrogens with one attached hydrogen (secondary N) is 1. The summed E-state index contributed by atoms with van der Waals surface area (Å²) >= 11 is 0. The summed E-state index contributed by atoms with van der Waals surface area (Å²) in [5, 5.41) is 21.7. The number of amides is 2. The van der Waals surface area contributed by atoms with E-state index in [1.807, 2.05) is 13.8 Å². The van der Waals surface area contributed by atoms with Gasteiger partial charge in [0.25, 0.3) is 0 Å². The van der Waals surface area contributed by atoms with Crippen LogP contribution in [0.3, 0.4) is 0 Å².